The van der Waals surface area contributed by atoms with E-state index in [1.807, 2.05) is 13.1 Å². The Labute approximate surface area is 119 Å². The van der Waals surface area contributed by atoms with Gasteiger partial charge in [0.2, 0.25) is 0 Å². The molecule has 0 amide bonds. The summed E-state index contributed by atoms with van der Waals surface area (Å²) in [5.74, 6) is 0. The zero-order chi connectivity index (χ0) is 14.2. The summed E-state index contributed by atoms with van der Waals surface area (Å²) in [6.07, 6.45) is 2.73. The van der Waals surface area contributed by atoms with Crippen LogP contribution in [0, 0.1) is 6.92 Å². The molecular weight excluding hydrogens is 250 g/mol. The van der Waals surface area contributed by atoms with E-state index in [4.69, 9.17) is 0 Å². The lowest BCUT2D eigenvalue weighted by atomic mass is 10.1. The van der Waals surface area contributed by atoms with Gasteiger partial charge in [0.05, 0.1) is 17.5 Å². The van der Waals surface area contributed by atoms with E-state index in [1.54, 1.807) is 0 Å². The number of aromatic nitrogens is 2. The Hall–Kier alpha value is -1.65. The summed E-state index contributed by atoms with van der Waals surface area (Å²) < 4.78 is 0. The molecule has 1 fully saturated rings. The highest BCUT2D eigenvalue weighted by Gasteiger charge is 2.31. The van der Waals surface area contributed by atoms with E-state index in [9.17, 15) is 5.11 Å². The van der Waals surface area contributed by atoms with Gasteiger partial charge in [0.1, 0.15) is 0 Å². The number of aromatic amines is 1. The molecule has 4 heteroatoms. The summed E-state index contributed by atoms with van der Waals surface area (Å²) in [5, 5.41) is 17.3. The summed E-state index contributed by atoms with van der Waals surface area (Å²) in [4.78, 5) is 2.28. The van der Waals surface area contributed by atoms with Crippen molar-refractivity contribution in [3.05, 3.63) is 41.6 Å². The number of nitrogens with zero attached hydrogens (tertiary/aromatic N) is 2. The third-order valence-corrected chi connectivity index (χ3v) is 3.95. The number of aryl methyl sites for hydroxylation is 1. The standard InChI is InChI=1S/C16H21N3O/c1-12-4-3-5-13(8-12)15-14(9-17-18-15)10-19-7-6-16(2,20)11-19/h3-5,8-9,20H,6-7,10-11H2,1-2H3,(H,17,18)/t16-/m0/s1. The molecule has 2 aromatic rings. The second-order valence-corrected chi connectivity index (χ2v) is 6.10. The zero-order valence-corrected chi connectivity index (χ0v) is 12.1. The summed E-state index contributed by atoms with van der Waals surface area (Å²) in [7, 11) is 0. The highest BCUT2D eigenvalue weighted by Crippen LogP contribution is 2.26. The van der Waals surface area contributed by atoms with Crippen molar-refractivity contribution in [2.75, 3.05) is 13.1 Å². The Morgan fingerprint density at radius 1 is 1.45 bits per heavy atom. The van der Waals surface area contributed by atoms with Gasteiger partial charge in [0.15, 0.2) is 0 Å². The van der Waals surface area contributed by atoms with E-state index < -0.39 is 5.60 Å². The molecule has 1 atom stereocenters. The Bertz CT molecular complexity index is 603. The van der Waals surface area contributed by atoms with Crippen molar-refractivity contribution in [3.63, 3.8) is 0 Å². The molecule has 0 spiro atoms. The topological polar surface area (TPSA) is 52.2 Å². The molecule has 1 saturated heterocycles. The number of hydrogen-bond acceptors (Lipinski definition) is 3. The average Bonchev–Trinajstić information content (AvgIpc) is 2.96. The molecule has 0 saturated carbocycles. The molecule has 2 N–H and O–H groups in total. The van der Waals surface area contributed by atoms with Crippen LogP contribution in [0.4, 0.5) is 0 Å². The lowest BCUT2D eigenvalue weighted by molar-refractivity contribution is 0.0679. The molecule has 3 rings (SSSR count). The lowest BCUT2D eigenvalue weighted by Gasteiger charge is -2.18. The van der Waals surface area contributed by atoms with Crippen LogP contribution in [0.25, 0.3) is 11.3 Å². The van der Waals surface area contributed by atoms with Crippen LogP contribution in [0.1, 0.15) is 24.5 Å². The van der Waals surface area contributed by atoms with Crippen LogP contribution in [-0.2, 0) is 6.54 Å². The monoisotopic (exact) mass is 271 g/mol. The number of rotatable bonds is 3. The number of nitrogens with one attached hydrogen (secondary N) is 1. The normalized spacial score (nSPS) is 23.4. The molecule has 0 aliphatic carbocycles. The summed E-state index contributed by atoms with van der Waals surface area (Å²) in [6.45, 7) is 6.49. The van der Waals surface area contributed by atoms with Crippen LogP contribution in [0.3, 0.4) is 0 Å². The van der Waals surface area contributed by atoms with Gasteiger partial charge in [0.25, 0.3) is 0 Å². The maximum atomic E-state index is 10.1. The number of β-amino-alcohol motifs (C(OH)–C–C–N with tert-alkyl or cyclic N) is 1. The summed E-state index contributed by atoms with van der Waals surface area (Å²) in [5.41, 5.74) is 4.14. The fourth-order valence-electron chi connectivity index (χ4n) is 2.90. The molecule has 1 aliphatic rings. The fraction of sp³-hybridized carbons (Fsp3) is 0.438. The van der Waals surface area contributed by atoms with Gasteiger partial charge in [-0.1, -0.05) is 23.8 Å². The molecular formula is C16H21N3O. The maximum absolute atomic E-state index is 10.1. The lowest BCUT2D eigenvalue weighted by Crippen LogP contribution is -2.29. The first-order chi connectivity index (χ1) is 9.53. The summed E-state index contributed by atoms with van der Waals surface area (Å²) in [6, 6.07) is 8.43. The molecule has 2 heterocycles. The highest BCUT2D eigenvalue weighted by atomic mass is 16.3. The van der Waals surface area contributed by atoms with E-state index in [0.717, 1.165) is 31.7 Å². The Morgan fingerprint density at radius 2 is 2.30 bits per heavy atom. The zero-order valence-electron chi connectivity index (χ0n) is 12.1. The molecule has 106 valence electrons. The SMILES string of the molecule is Cc1cccc(-c2[nH]ncc2CN2CC[C@](C)(O)C2)c1. The molecule has 0 bridgehead atoms. The van der Waals surface area contributed by atoms with E-state index in [0.29, 0.717) is 0 Å². The number of hydrogen-bond donors (Lipinski definition) is 2. The predicted molar refractivity (Wildman–Crippen MR) is 79.3 cm³/mol. The first-order valence-corrected chi connectivity index (χ1v) is 7.07. The number of H-pyrrole nitrogens is 1. The minimum Gasteiger partial charge on any atom is -0.389 e. The van der Waals surface area contributed by atoms with E-state index in [1.165, 1.54) is 16.7 Å². The van der Waals surface area contributed by atoms with E-state index >= 15 is 0 Å². The third-order valence-electron chi connectivity index (χ3n) is 3.95. The Morgan fingerprint density at radius 3 is 3.00 bits per heavy atom. The van der Waals surface area contributed by atoms with Crippen molar-refractivity contribution in [2.45, 2.75) is 32.4 Å². The molecule has 0 radical (unpaired) electrons. The second-order valence-electron chi connectivity index (χ2n) is 6.10. The third kappa shape index (κ3) is 2.76. The quantitative estimate of drug-likeness (QED) is 0.901. The van der Waals surface area contributed by atoms with Crippen LogP contribution in [0.15, 0.2) is 30.5 Å². The summed E-state index contributed by atoms with van der Waals surface area (Å²) >= 11 is 0. The van der Waals surface area contributed by atoms with Gasteiger partial charge < -0.3 is 5.11 Å². The van der Waals surface area contributed by atoms with Gasteiger partial charge >= 0.3 is 0 Å². The molecule has 1 aromatic heterocycles. The average molecular weight is 271 g/mol. The minimum atomic E-state index is -0.548. The van der Waals surface area contributed by atoms with Crippen LogP contribution < -0.4 is 0 Å². The van der Waals surface area contributed by atoms with Crippen molar-refractivity contribution in [1.82, 2.24) is 15.1 Å². The van der Waals surface area contributed by atoms with Gasteiger partial charge in [-0.3, -0.25) is 10.00 Å². The number of benzene rings is 1. The van der Waals surface area contributed by atoms with Crippen molar-refractivity contribution >= 4 is 0 Å². The first-order valence-electron chi connectivity index (χ1n) is 7.07. The Balaban J connectivity index is 1.81. The number of likely N-dealkylation sites (tertiary alicyclic amines) is 1. The van der Waals surface area contributed by atoms with E-state index in [2.05, 4.69) is 46.3 Å². The smallest absolute Gasteiger partial charge is 0.0758 e. The van der Waals surface area contributed by atoms with Gasteiger partial charge in [0, 0.05) is 30.8 Å². The Kier molecular flexibility index (Phi) is 3.36. The van der Waals surface area contributed by atoms with Crippen molar-refractivity contribution < 1.29 is 5.11 Å². The van der Waals surface area contributed by atoms with Gasteiger partial charge in [-0.15, -0.1) is 0 Å². The molecule has 20 heavy (non-hydrogen) atoms. The minimum absolute atomic E-state index is 0.548. The van der Waals surface area contributed by atoms with Crippen LogP contribution in [-0.4, -0.2) is 38.9 Å². The number of aliphatic hydroxyl groups is 1. The largest absolute Gasteiger partial charge is 0.389 e. The van der Waals surface area contributed by atoms with E-state index in [-0.39, 0.29) is 0 Å². The first kappa shape index (κ1) is 13.3. The predicted octanol–water partition coefficient (Wildman–Crippen LogP) is 2.34. The molecule has 0 unspecified atom stereocenters. The van der Waals surface area contributed by atoms with Crippen molar-refractivity contribution in [3.8, 4) is 11.3 Å². The van der Waals surface area contributed by atoms with Crippen LogP contribution >= 0.6 is 0 Å². The highest BCUT2D eigenvalue weighted by molar-refractivity contribution is 5.63. The second kappa shape index (κ2) is 5.04. The van der Waals surface area contributed by atoms with Crippen molar-refractivity contribution in [1.29, 1.82) is 0 Å². The fourth-order valence-corrected chi connectivity index (χ4v) is 2.90. The van der Waals surface area contributed by atoms with Crippen LogP contribution in [0.2, 0.25) is 0 Å². The molecule has 4 nitrogen and oxygen atoms in total. The maximum Gasteiger partial charge on any atom is 0.0758 e. The van der Waals surface area contributed by atoms with Gasteiger partial charge in [-0.25, -0.2) is 0 Å². The molecule has 1 aromatic carbocycles. The van der Waals surface area contributed by atoms with Crippen molar-refractivity contribution in [2.24, 2.45) is 0 Å². The van der Waals surface area contributed by atoms with Gasteiger partial charge in [-0.2, -0.15) is 5.10 Å². The molecule has 1 aliphatic heterocycles. The van der Waals surface area contributed by atoms with Crippen LogP contribution in [0.5, 0.6) is 0 Å². The van der Waals surface area contributed by atoms with Gasteiger partial charge in [-0.05, 0) is 26.3 Å².